The summed E-state index contributed by atoms with van der Waals surface area (Å²) in [5, 5.41) is 11.3. The fraction of sp³-hybridized carbons (Fsp3) is 0.862. The second-order valence-electron chi connectivity index (χ2n) is 9.91. The molecule has 0 aromatic carbocycles. The molecule has 0 aliphatic heterocycles. The molecule has 0 aromatic rings. The lowest BCUT2D eigenvalue weighted by atomic mass is 9.81. The van der Waals surface area contributed by atoms with Gasteiger partial charge in [0.25, 0.3) is 0 Å². The Bertz CT molecular complexity index is 648. The molecule has 216 valence electrons. The maximum absolute atomic E-state index is 13.0. The van der Waals surface area contributed by atoms with E-state index in [1.807, 2.05) is 0 Å². The van der Waals surface area contributed by atoms with E-state index in [2.05, 4.69) is 20.8 Å². The van der Waals surface area contributed by atoms with Gasteiger partial charge in [0.15, 0.2) is 11.5 Å². The molecular formula is C29H52O8. The van der Waals surface area contributed by atoms with Crippen LogP contribution in [0.2, 0.25) is 0 Å². The van der Waals surface area contributed by atoms with Crippen LogP contribution in [0.5, 0.6) is 0 Å². The number of Topliss-reactive ketones (excluding diaryl/α,β-unsaturated/α-hetero) is 1. The average Bonchev–Trinajstić information content (AvgIpc) is 2.85. The first-order valence-electron chi connectivity index (χ1n) is 14.5. The van der Waals surface area contributed by atoms with Crippen molar-refractivity contribution < 1.29 is 38.5 Å². The molecule has 2 unspecified atom stereocenters. The van der Waals surface area contributed by atoms with Crippen molar-refractivity contribution in [2.75, 3.05) is 19.8 Å². The molecule has 0 spiro atoms. The van der Waals surface area contributed by atoms with Gasteiger partial charge in [0.05, 0.1) is 26.2 Å². The van der Waals surface area contributed by atoms with Gasteiger partial charge >= 0.3 is 17.9 Å². The molecular weight excluding hydrogens is 476 g/mol. The molecule has 37 heavy (non-hydrogen) atoms. The molecule has 0 saturated carbocycles. The number of ether oxygens (including phenoxy) is 3. The number of esters is 3. The first kappa shape index (κ1) is 35.0. The Morgan fingerprint density at radius 2 is 1.03 bits per heavy atom. The minimum atomic E-state index is -2.69. The molecule has 0 aromatic heterocycles. The Hall–Kier alpha value is -1.96. The topological polar surface area (TPSA) is 116 Å². The van der Waals surface area contributed by atoms with Crippen LogP contribution in [0.1, 0.15) is 130 Å². The summed E-state index contributed by atoms with van der Waals surface area (Å²) in [7, 11) is 0. The SMILES string of the molecule is CCCCCCCOC(=O)CC(O)(C(=O)OCCCCCCC)C(C(C)=O)C(=O)OCCCCCCC. The van der Waals surface area contributed by atoms with Crippen molar-refractivity contribution in [1.82, 2.24) is 0 Å². The Morgan fingerprint density at radius 1 is 0.622 bits per heavy atom. The van der Waals surface area contributed by atoms with Crippen LogP contribution in [-0.4, -0.2) is 54.2 Å². The molecule has 0 aliphatic rings. The molecule has 0 rings (SSSR count). The molecule has 0 bridgehead atoms. The fourth-order valence-electron chi connectivity index (χ4n) is 4.11. The number of carbonyl (C=O) groups excluding carboxylic acids is 4. The minimum absolute atomic E-state index is 0.0223. The minimum Gasteiger partial charge on any atom is -0.466 e. The zero-order chi connectivity index (χ0) is 27.9. The third-order valence-electron chi connectivity index (χ3n) is 6.37. The van der Waals surface area contributed by atoms with Crippen LogP contribution in [0, 0.1) is 5.92 Å². The van der Waals surface area contributed by atoms with Gasteiger partial charge in [0.1, 0.15) is 5.78 Å². The quantitative estimate of drug-likeness (QED) is 0.0717. The number of unbranched alkanes of at least 4 members (excludes halogenated alkanes) is 12. The molecule has 8 heteroatoms. The van der Waals surface area contributed by atoms with Gasteiger partial charge in [0.2, 0.25) is 0 Å². The van der Waals surface area contributed by atoms with Crippen molar-refractivity contribution >= 4 is 23.7 Å². The van der Waals surface area contributed by atoms with E-state index < -0.39 is 41.6 Å². The number of hydrogen-bond donors (Lipinski definition) is 1. The highest BCUT2D eigenvalue weighted by atomic mass is 16.6. The summed E-state index contributed by atoms with van der Waals surface area (Å²) in [6, 6.07) is 0. The summed E-state index contributed by atoms with van der Waals surface area (Å²) in [4.78, 5) is 50.9. The van der Waals surface area contributed by atoms with E-state index in [4.69, 9.17) is 14.2 Å². The predicted molar refractivity (Wildman–Crippen MR) is 143 cm³/mol. The molecule has 0 saturated heterocycles. The van der Waals surface area contributed by atoms with Crippen molar-refractivity contribution in [2.24, 2.45) is 5.92 Å². The van der Waals surface area contributed by atoms with E-state index in [-0.39, 0.29) is 19.8 Å². The van der Waals surface area contributed by atoms with Crippen LogP contribution >= 0.6 is 0 Å². The number of aliphatic hydroxyl groups is 1. The van der Waals surface area contributed by atoms with Crippen LogP contribution in [0.25, 0.3) is 0 Å². The number of hydrogen-bond acceptors (Lipinski definition) is 8. The van der Waals surface area contributed by atoms with Crippen molar-refractivity contribution in [3.63, 3.8) is 0 Å². The van der Waals surface area contributed by atoms with Crippen molar-refractivity contribution in [3.8, 4) is 0 Å². The summed E-state index contributed by atoms with van der Waals surface area (Å²) < 4.78 is 15.7. The summed E-state index contributed by atoms with van der Waals surface area (Å²) in [6.45, 7) is 7.61. The van der Waals surface area contributed by atoms with Gasteiger partial charge < -0.3 is 19.3 Å². The maximum Gasteiger partial charge on any atom is 0.340 e. The van der Waals surface area contributed by atoms with Crippen molar-refractivity contribution in [1.29, 1.82) is 0 Å². The van der Waals surface area contributed by atoms with Crippen molar-refractivity contribution in [2.45, 2.75) is 136 Å². The highest BCUT2D eigenvalue weighted by Crippen LogP contribution is 2.28. The van der Waals surface area contributed by atoms with Gasteiger partial charge in [0, 0.05) is 0 Å². The molecule has 0 radical (unpaired) electrons. The van der Waals surface area contributed by atoms with E-state index in [0.29, 0.717) is 19.3 Å². The number of carbonyl (C=O) groups is 4. The summed E-state index contributed by atoms with van der Waals surface area (Å²) in [6.07, 6.45) is 13.1. The number of ketones is 1. The lowest BCUT2D eigenvalue weighted by Crippen LogP contribution is -2.55. The lowest BCUT2D eigenvalue weighted by Gasteiger charge is -2.30. The molecule has 1 N–H and O–H groups in total. The standard InChI is InChI=1S/C29H52O8/c1-5-8-11-14-17-20-35-25(31)23-29(34,28(33)37-22-19-16-13-10-7-3)26(24(4)30)27(32)36-21-18-15-12-9-6-2/h26,34H,5-23H2,1-4H3. The van der Waals surface area contributed by atoms with Crippen molar-refractivity contribution in [3.05, 3.63) is 0 Å². The third-order valence-corrected chi connectivity index (χ3v) is 6.37. The zero-order valence-corrected chi connectivity index (χ0v) is 23.8. The first-order chi connectivity index (χ1) is 17.7. The fourth-order valence-corrected chi connectivity index (χ4v) is 4.11. The van der Waals surface area contributed by atoms with Crippen LogP contribution < -0.4 is 0 Å². The summed E-state index contributed by atoms with van der Waals surface area (Å²) in [5.74, 6) is -5.71. The van der Waals surface area contributed by atoms with Gasteiger partial charge in [-0.15, -0.1) is 0 Å². The van der Waals surface area contributed by atoms with E-state index in [1.165, 1.54) is 0 Å². The average molecular weight is 529 g/mol. The third kappa shape index (κ3) is 15.8. The van der Waals surface area contributed by atoms with Gasteiger partial charge in [-0.05, 0) is 26.2 Å². The normalized spacial score (nSPS) is 13.4. The second kappa shape index (κ2) is 22.1. The van der Waals surface area contributed by atoms with Gasteiger partial charge in [-0.1, -0.05) is 97.8 Å². The van der Waals surface area contributed by atoms with Gasteiger partial charge in [-0.25, -0.2) is 4.79 Å². The molecule has 0 fully saturated rings. The predicted octanol–water partition coefficient (Wildman–Crippen LogP) is 5.85. The van der Waals surface area contributed by atoms with E-state index in [1.54, 1.807) is 0 Å². The molecule has 8 nitrogen and oxygen atoms in total. The Morgan fingerprint density at radius 3 is 1.46 bits per heavy atom. The highest BCUT2D eigenvalue weighted by molar-refractivity contribution is 6.05. The first-order valence-corrected chi connectivity index (χ1v) is 14.5. The Kier molecular flexibility index (Phi) is 20.9. The van der Waals surface area contributed by atoms with E-state index in [0.717, 1.165) is 84.0 Å². The van der Waals surface area contributed by atoms with Gasteiger partial charge in [-0.3, -0.25) is 14.4 Å². The maximum atomic E-state index is 13.0. The van der Waals surface area contributed by atoms with Gasteiger partial charge in [-0.2, -0.15) is 0 Å². The molecule has 0 aliphatic carbocycles. The highest BCUT2D eigenvalue weighted by Gasteiger charge is 2.54. The largest absolute Gasteiger partial charge is 0.466 e. The molecule has 2 atom stereocenters. The van der Waals surface area contributed by atoms with E-state index >= 15 is 0 Å². The van der Waals surface area contributed by atoms with E-state index in [9.17, 15) is 24.3 Å². The second-order valence-corrected chi connectivity index (χ2v) is 9.91. The Labute approximate surface area is 224 Å². The van der Waals surface area contributed by atoms with Crippen LogP contribution in [0.15, 0.2) is 0 Å². The number of rotatable bonds is 24. The monoisotopic (exact) mass is 528 g/mol. The van der Waals surface area contributed by atoms with Crippen LogP contribution in [-0.2, 0) is 33.4 Å². The van der Waals surface area contributed by atoms with Crippen LogP contribution in [0.4, 0.5) is 0 Å². The lowest BCUT2D eigenvalue weighted by molar-refractivity contribution is -0.187. The van der Waals surface area contributed by atoms with Crippen LogP contribution in [0.3, 0.4) is 0 Å². The molecule has 0 amide bonds. The molecule has 0 heterocycles. The summed E-state index contributed by atoms with van der Waals surface area (Å²) in [5.41, 5.74) is -2.69. The summed E-state index contributed by atoms with van der Waals surface area (Å²) >= 11 is 0. The zero-order valence-electron chi connectivity index (χ0n) is 23.8. The smallest absolute Gasteiger partial charge is 0.340 e. The Balaban J connectivity index is 5.29.